The van der Waals surface area contributed by atoms with E-state index in [9.17, 15) is 9.59 Å². The van der Waals surface area contributed by atoms with Gasteiger partial charge in [0, 0.05) is 6.54 Å². The van der Waals surface area contributed by atoms with Gasteiger partial charge in [-0.1, -0.05) is 0 Å². The molecule has 0 saturated heterocycles. The summed E-state index contributed by atoms with van der Waals surface area (Å²) in [7, 11) is 0. The van der Waals surface area contributed by atoms with Gasteiger partial charge < -0.3 is 14.8 Å². The van der Waals surface area contributed by atoms with Crippen molar-refractivity contribution in [2.45, 2.75) is 6.42 Å². The van der Waals surface area contributed by atoms with Crippen LogP contribution in [0.4, 0.5) is 0 Å². The maximum absolute atomic E-state index is 11.3. The second kappa shape index (κ2) is 4.66. The van der Waals surface area contributed by atoms with Crippen LogP contribution in [0, 0.1) is 0 Å². The summed E-state index contributed by atoms with van der Waals surface area (Å²) in [6.45, 7) is 0.0652. The average molecular weight is 218 g/mol. The van der Waals surface area contributed by atoms with Crippen molar-refractivity contribution in [1.29, 1.82) is 0 Å². The lowest BCUT2D eigenvalue weighted by Crippen LogP contribution is -2.25. The molecule has 0 bridgehead atoms. The zero-order valence-corrected chi connectivity index (χ0v) is 7.87. The second-order valence-corrected chi connectivity index (χ2v) is 2.85. The lowest BCUT2D eigenvalue weighted by molar-refractivity contribution is -0.136. The Morgan fingerprint density at radius 1 is 1.57 bits per heavy atom. The molecule has 0 unspecified atom stereocenters. The third-order valence-corrected chi connectivity index (χ3v) is 1.78. The number of hydrogen-bond acceptors (Lipinski definition) is 3. The van der Waals surface area contributed by atoms with Crippen LogP contribution in [-0.2, 0) is 4.79 Å². The zero-order valence-electron chi connectivity index (χ0n) is 7.12. The molecule has 0 aromatic carbocycles. The topological polar surface area (TPSA) is 79.5 Å². The molecule has 0 aliphatic rings. The van der Waals surface area contributed by atoms with Crippen LogP contribution in [0.3, 0.4) is 0 Å². The maximum atomic E-state index is 11.3. The van der Waals surface area contributed by atoms with Gasteiger partial charge in [-0.2, -0.15) is 0 Å². The van der Waals surface area contributed by atoms with Gasteiger partial charge in [0.05, 0.1) is 18.2 Å². The van der Waals surface area contributed by atoms with Gasteiger partial charge in [0.2, 0.25) is 5.22 Å². The Morgan fingerprint density at radius 3 is 2.79 bits per heavy atom. The fourth-order valence-corrected chi connectivity index (χ4v) is 1.03. The van der Waals surface area contributed by atoms with E-state index in [0.717, 1.165) is 0 Å². The molecule has 0 aliphatic heterocycles. The van der Waals surface area contributed by atoms with E-state index in [1.807, 2.05) is 0 Å². The minimum Gasteiger partial charge on any atom is -0.481 e. The molecular weight excluding hydrogens is 210 g/mol. The zero-order chi connectivity index (χ0) is 10.6. The molecule has 2 N–H and O–H groups in total. The lowest BCUT2D eigenvalue weighted by Gasteiger charge is -2.00. The number of carbonyl (C=O) groups excluding carboxylic acids is 1. The molecule has 0 radical (unpaired) electrons. The van der Waals surface area contributed by atoms with E-state index in [-0.39, 0.29) is 23.7 Å². The van der Waals surface area contributed by atoms with Crippen molar-refractivity contribution in [3.8, 4) is 0 Å². The third kappa shape index (κ3) is 2.77. The predicted octanol–water partition coefficient (Wildman–Crippen LogP) is 1.14. The van der Waals surface area contributed by atoms with Crippen LogP contribution in [0.25, 0.3) is 0 Å². The van der Waals surface area contributed by atoms with Crippen molar-refractivity contribution < 1.29 is 19.1 Å². The van der Waals surface area contributed by atoms with Gasteiger partial charge in [0.15, 0.2) is 0 Å². The summed E-state index contributed by atoms with van der Waals surface area (Å²) in [4.78, 5) is 21.4. The summed E-state index contributed by atoms with van der Waals surface area (Å²) < 4.78 is 4.70. The molecule has 1 rings (SSSR count). The number of carboxylic acid groups (broad SMARTS) is 1. The molecule has 1 amide bonds. The molecule has 0 atom stereocenters. The highest BCUT2D eigenvalue weighted by molar-refractivity contribution is 6.32. The highest BCUT2D eigenvalue weighted by Gasteiger charge is 2.12. The molecule has 1 heterocycles. The van der Waals surface area contributed by atoms with E-state index < -0.39 is 11.9 Å². The first-order chi connectivity index (χ1) is 6.61. The minimum absolute atomic E-state index is 0.00201. The van der Waals surface area contributed by atoms with E-state index in [4.69, 9.17) is 21.1 Å². The summed E-state index contributed by atoms with van der Waals surface area (Å²) in [5.41, 5.74) is 0.206. The SMILES string of the molecule is O=C(O)CCNC(=O)c1ccoc1Cl. The number of rotatable bonds is 4. The first-order valence-corrected chi connectivity index (χ1v) is 4.22. The Kier molecular flexibility index (Phi) is 3.53. The Morgan fingerprint density at radius 2 is 2.29 bits per heavy atom. The van der Waals surface area contributed by atoms with Crippen molar-refractivity contribution >= 4 is 23.5 Å². The Hall–Kier alpha value is -1.49. The Labute approximate surface area is 84.7 Å². The van der Waals surface area contributed by atoms with Crippen LogP contribution >= 0.6 is 11.6 Å². The molecule has 1 aromatic rings. The van der Waals surface area contributed by atoms with Crippen molar-refractivity contribution in [3.63, 3.8) is 0 Å². The molecule has 76 valence electrons. The smallest absolute Gasteiger partial charge is 0.305 e. The van der Waals surface area contributed by atoms with Crippen LogP contribution in [0.5, 0.6) is 0 Å². The second-order valence-electron chi connectivity index (χ2n) is 2.51. The van der Waals surface area contributed by atoms with Crippen LogP contribution < -0.4 is 5.32 Å². The number of aliphatic carboxylic acids is 1. The van der Waals surface area contributed by atoms with Gasteiger partial charge in [-0.25, -0.2) is 0 Å². The minimum atomic E-state index is -0.969. The van der Waals surface area contributed by atoms with E-state index in [2.05, 4.69) is 5.32 Å². The normalized spacial score (nSPS) is 9.79. The van der Waals surface area contributed by atoms with Gasteiger partial charge >= 0.3 is 5.97 Å². The monoisotopic (exact) mass is 217 g/mol. The number of halogens is 1. The standard InChI is InChI=1S/C8H8ClNO4/c9-7-5(2-4-14-7)8(13)10-3-1-6(11)12/h2,4H,1,3H2,(H,10,13)(H,11,12). The number of nitrogens with one attached hydrogen (secondary N) is 1. The molecule has 14 heavy (non-hydrogen) atoms. The van der Waals surface area contributed by atoms with Crippen LogP contribution in [0.1, 0.15) is 16.8 Å². The molecule has 0 spiro atoms. The molecule has 0 fully saturated rings. The molecule has 5 nitrogen and oxygen atoms in total. The summed E-state index contributed by atoms with van der Waals surface area (Å²) >= 11 is 5.53. The maximum Gasteiger partial charge on any atom is 0.305 e. The van der Waals surface area contributed by atoms with Crippen LogP contribution in [0.15, 0.2) is 16.7 Å². The van der Waals surface area contributed by atoms with Gasteiger partial charge in [0.25, 0.3) is 5.91 Å². The van der Waals surface area contributed by atoms with E-state index in [1.54, 1.807) is 0 Å². The Bertz CT molecular complexity index is 347. The third-order valence-electron chi connectivity index (χ3n) is 1.49. The summed E-state index contributed by atoms with van der Waals surface area (Å²) in [6, 6.07) is 1.42. The van der Waals surface area contributed by atoms with E-state index in [0.29, 0.717) is 0 Å². The summed E-state index contributed by atoms with van der Waals surface area (Å²) in [5, 5.41) is 10.7. The van der Waals surface area contributed by atoms with Gasteiger partial charge in [-0.15, -0.1) is 0 Å². The van der Waals surface area contributed by atoms with Crippen LogP contribution in [0.2, 0.25) is 5.22 Å². The average Bonchev–Trinajstić information content (AvgIpc) is 2.50. The van der Waals surface area contributed by atoms with Crippen LogP contribution in [-0.4, -0.2) is 23.5 Å². The number of carboxylic acids is 1. The lowest BCUT2D eigenvalue weighted by atomic mass is 10.3. The van der Waals surface area contributed by atoms with E-state index in [1.165, 1.54) is 12.3 Å². The van der Waals surface area contributed by atoms with E-state index >= 15 is 0 Å². The fourth-order valence-electron chi connectivity index (χ4n) is 0.834. The number of carbonyl (C=O) groups is 2. The van der Waals surface area contributed by atoms with Gasteiger partial charge in [-0.05, 0) is 17.7 Å². The van der Waals surface area contributed by atoms with Crippen molar-refractivity contribution in [1.82, 2.24) is 5.32 Å². The quantitative estimate of drug-likeness (QED) is 0.793. The molecular formula is C8H8ClNO4. The van der Waals surface area contributed by atoms with Crippen molar-refractivity contribution in [2.24, 2.45) is 0 Å². The molecule has 0 aliphatic carbocycles. The highest BCUT2D eigenvalue weighted by atomic mass is 35.5. The Balaban J connectivity index is 2.44. The molecule has 0 saturated carbocycles. The number of amides is 1. The summed E-state index contributed by atoms with van der Waals surface area (Å²) in [5.74, 6) is -1.41. The largest absolute Gasteiger partial charge is 0.481 e. The predicted molar refractivity (Wildman–Crippen MR) is 48.3 cm³/mol. The first-order valence-electron chi connectivity index (χ1n) is 3.84. The highest BCUT2D eigenvalue weighted by Crippen LogP contribution is 2.15. The first kappa shape index (κ1) is 10.6. The van der Waals surface area contributed by atoms with Gasteiger partial charge in [0.1, 0.15) is 0 Å². The van der Waals surface area contributed by atoms with Crippen molar-refractivity contribution in [3.05, 3.63) is 23.1 Å². The van der Waals surface area contributed by atoms with Crippen molar-refractivity contribution in [2.75, 3.05) is 6.54 Å². The summed E-state index contributed by atoms with van der Waals surface area (Å²) in [6.07, 6.45) is 1.16. The molecule has 1 aromatic heterocycles. The number of hydrogen-bond donors (Lipinski definition) is 2. The van der Waals surface area contributed by atoms with Gasteiger partial charge in [-0.3, -0.25) is 9.59 Å². The number of furan rings is 1. The molecule has 6 heteroatoms. The fraction of sp³-hybridized carbons (Fsp3) is 0.250.